The van der Waals surface area contributed by atoms with Crippen LogP contribution in [0, 0.1) is 6.92 Å². The fraction of sp³-hybridized carbons (Fsp3) is 0.179. The number of pyridine rings is 1. The number of aryl methyl sites for hydroxylation is 1. The maximum Gasteiger partial charge on any atom is 0.234 e. The fourth-order valence-electron chi connectivity index (χ4n) is 3.66. The molecule has 0 bridgehead atoms. The van der Waals surface area contributed by atoms with Crippen molar-refractivity contribution in [3.8, 4) is 0 Å². The summed E-state index contributed by atoms with van der Waals surface area (Å²) in [5, 5.41) is 7.78. The van der Waals surface area contributed by atoms with E-state index in [-0.39, 0.29) is 17.6 Å². The van der Waals surface area contributed by atoms with Crippen LogP contribution < -0.4 is 10.6 Å². The Bertz CT molecular complexity index is 1320. The zero-order valence-corrected chi connectivity index (χ0v) is 20.1. The molecule has 2 N–H and O–H groups in total. The molecule has 0 unspecified atom stereocenters. The zero-order valence-electron chi connectivity index (χ0n) is 19.3. The Labute approximate surface area is 204 Å². The standard InChI is InChI=1S/C28H27N3O2S/c1-3-26(32)30-24-14-13-23(15-19(24)2)29-27(33)18-34-28-22(16-20-9-5-4-6-10-20)17-21-11-7-8-12-25(21)31-28/h4-15,17H,3,16,18H2,1-2H3,(H,29,33)(H,30,32). The molecule has 5 nitrogen and oxygen atoms in total. The molecule has 172 valence electrons. The summed E-state index contributed by atoms with van der Waals surface area (Å²) in [6.07, 6.45) is 1.18. The number of benzene rings is 3. The minimum absolute atomic E-state index is 0.0366. The van der Waals surface area contributed by atoms with Crippen molar-refractivity contribution in [2.75, 3.05) is 16.4 Å². The monoisotopic (exact) mass is 469 g/mol. The van der Waals surface area contributed by atoms with E-state index in [1.54, 1.807) is 6.07 Å². The third-order valence-electron chi connectivity index (χ3n) is 5.45. The second-order valence-electron chi connectivity index (χ2n) is 8.08. The smallest absolute Gasteiger partial charge is 0.234 e. The maximum atomic E-state index is 12.7. The first kappa shape index (κ1) is 23.5. The number of nitrogens with zero attached hydrogens (tertiary/aromatic N) is 1. The van der Waals surface area contributed by atoms with Crippen LogP contribution in [0.25, 0.3) is 10.9 Å². The van der Waals surface area contributed by atoms with Crippen LogP contribution >= 0.6 is 11.8 Å². The van der Waals surface area contributed by atoms with Crippen molar-refractivity contribution in [2.24, 2.45) is 0 Å². The molecule has 4 rings (SSSR count). The van der Waals surface area contributed by atoms with E-state index in [4.69, 9.17) is 4.98 Å². The highest BCUT2D eigenvalue weighted by Crippen LogP contribution is 2.27. The van der Waals surface area contributed by atoms with Crippen LogP contribution in [0.1, 0.15) is 30.0 Å². The zero-order chi connectivity index (χ0) is 23.9. The van der Waals surface area contributed by atoms with Gasteiger partial charge < -0.3 is 10.6 Å². The summed E-state index contributed by atoms with van der Waals surface area (Å²) in [4.78, 5) is 29.2. The van der Waals surface area contributed by atoms with Gasteiger partial charge in [0, 0.05) is 29.6 Å². The fourth-order valence-corrected chi connectivity index (χ4v) is 4.48. The summed E-state index contributed by atoms with van der Waals surface area (Å²) >= 11 is 1.45. The molecular formula is C28H27N3O2S. The quantitative estimate of drug-likeness (QED) is 0.301. The topological polar surface area (TPSA) is 71.1 Å². The average molecular weight is 470 g/mol. The van der Waals surface area contributed by atoms with Crippen molar-refractivity contribution in [3.63, 3.8) is 0 Å². The van der Waals surface area contributed by atoms with Crippen molar-refractivity contribution in [1.29, 1.82) is 0 Å². The molecule has 1 heterocycles. The van der Waals surface area contributed by atoms with Crippen LogP contribution in [0.2, 0.25) is 0 Å². The van der Waals surface area contributed by atoms with Gasteiger partial charge in [-0.15, -0.1) is 0 Å². The normalized spacial score (nSPS) is 10.8. The van der Waals surface area contributed by atoms with E-state index in [9.17, 15) is 9.59 Å². The number of nitrogens with one attached hydrogen (secondary N) is 2. The lowest BCUT2D eigenvalue weighted by Crippen LogP contribution is -2.15. The van der Waals surface area contributed by atoms with Crippen molar-refractivity contribution < 1.29 is 9.59 Å². The Morgan fingerprint density at radius 1 is 0.882 bits per heavy atom. The van der Waals surface area contributed by atoms with Gasteiger partial charge in [0.2, 0.25) is 11.8 Å². The molecule has 34 heavy (non-hydrogen) atoms. The van der Waals surface area contributed by atoms with Crippen LogP contribution in [0.4, 0.5) is 11.4 Å². The van der Waals surface area contributed by atoms with Crippen molar-refractivity contribution in [3.05, 3.63) is 95.6 Å². The minimum Gasteiger partial charge on any atom is -0.326 e. The summed E-state index contributed by atoms with van der Waals surface area (Å²) in [7, 11) is 0. The SMILES string of the molecule is CCC(=O)Nc1ccc(NC(=O)CSc2nc3ccccc3cc2Cc2ccccc2)cc1C. The van der Waals surface area contributed by atoms with Gasteiger partial charge in [-0.1, -0.05) is 67.2 Å². The Morgan fingerprint density at radius 2 is 1.65 bits per heavy atom. The van der Waals surface area contributed by atoms with Crippen LogP contribution in [0.15, 0.2) is 83.9 Å². The van der Waals surface area contributed by atoms with Gasteiger partial charge in [0.1, 0.15) is 5.03 Å². The van der Waals surface area contributed by atoms with E-state index in [2.05, 4.69) is 34.9 Å². The molecule has 0 spiro atoms. The number of carbonyl (C=O) groups excluding carboxylic acids is 2. The van der Waals surface area contributed by atoms with Gasteiger partial charge in [-0.05, 0) is 53.9 Å². The molecule has 0 atom stereocenters. The number of rotatable bonds is 8. The molecule has 0 aliphatic heterocycles. The van der Waals surface area contributed by atoms with Gasteiger partial charge in [0.05, 0.1) is 11.3 Å². The third kappa shape index (κ3) is 6.02. The van der Waals surface area contributed by atoms with Gasteiger partial charge >= 0.3 is 0 Å². The number of aromatic nitrogens is 1. The number of para-hydroxylation sites is 1. The maximum absolute atomic E-state index is 12.7. The van der Waals surface area contributed by atoms with E-state index in [1.807, 2.05) is 62.4 Å². The predicted molar refractivity (Wildman–Crippen MR) is 140 cm³/mol. The Balaban J connectivity index is 1.47. The van der Waals surface area contributed by atoms with Gasteiger partial charge in [0.15, 0.2) is 0 Å². The van der Waals surface area contributed by atoms with Crippen LogP contribution in [0.3, 0.4) is 0 Å². The second-order valence-corrected chi connectivity index (χ2v) is 9.04. The molecule has 4 aromatic rings. The predicted octanol–water partition coefficient (Wildman–Crippen LogP) is 6.21. The Morgan fingerprint density at radius 3 is 2.41 bits per heavy atom. The van der Waals surface area contributed by atoms with Gasteiger partial charge in [0.25, 0.3) is 0 Å². The van der Waals surface area contributed by atoms with Crippen molar-refractivity contribution in [2.45, 2.75) is 31.7 Å². The summed E-state index contributed by atoms with van der Waals surface area (Å²) in [6.45, 7) is 3.72. The highest BCUT2D eigenvalue weighted by atomic mass is 32.2. The lowest BCUT2D eigenvalue weighted by atomic mass is 10.0. The van der Waals surface area contributed by atoms with Crippen LogP contribution in [0.5, 0.6) is 0 Å². The molecule has 0 saturated carbocycles. The summed E-state index contributed by atoms with van der Waals surface area (Å²) < 4.78 is 0. The van der Waals surface area contributed by atoms with Crippen molar-refractivity contribution >= 4 is 45.9 Å². The number of carbonyl (C=O) groups is 2. The molecule has 3 aromatic carbocycles. The number of hydrogen-bond donors (Lipinski definition) is 2. The van der Waals surface area contributed by atoms with Crippen LogP contribution in [-0.2, 0) is 16.0 Å². The molecule has 0 saturated heterocycles. The molecule has 0 fully saturated rings. The molecular weight excluding hydrogens is 442 g/mol. The molecule has 2 amide bonds. The van der Waals surface area contributed by atoms with Crippen molar-refractivity contribution in [1.82, 2.24) is 4.98 Å². The van der Waals surface area contributed by atoms with Crippen LogP contribution in [-0.4, -0.2) is 22.6 Å². The Hall–Kier alpha value is -3.64. The van der Waals surface area contributed by atoms with E-state index in [1.165, 1.54) is 17.3 Å². The lowest BCUT2D eigenvalue weighted by Gasteiger charge is -2.12. The van der Waals surface area contributed by atoms with E-state index in [0.717, 1.165) is 39.2 Å². The third-order valence-corrected chi connectivity index (χ3v) is 6.48. The Kier molecular flexibility index (Phi) is 7.60. The van der Waals surface area contributed by atoms with E-state index >= 15 is 0 Å². The van der Waals surface area contributed by atoms with Gasteiger partial charge in [-0.2, -0.15) is 0 Å². The summed E-state index contributed by atoms with van der Waals surface area (Å²) in [5.74, 6) is 0.112. The van der Waals surface area contributed by atoms with Gasteiger partial charge in [-0.25, -0.2) is 4.98 Å². The lowest BCUT2D eigenvalue weighted by molar-refractivity contribution is -0.116. The van der Waals surface area contributed by atoms with E-state index in [0.29, 0.717) is 12.1 Å². The average Bonchev–Trinajstić information content (AvgIpc) is 2.85. The first-order valence-corrected chi connectivity index (χ1v) is 12.3. The summed E-state index contributed by atoms with van der Waals surface area (Å²) in [5.41, 5.74) is 5.58. The largest absolute Gasteiger partial charge is 0.326 e. The van der Waals surface area contributed by atoms with E-state index < -0.39 is 0 Å². The molecule has 0 aliphatic carbocycles. The summed E-state index contributed by atoms with van der Waals surface area (Å²) in [6, 6.07) is 26.0. The molecule has 0 aliphatic rings. The minimum atomic E-state index is -0.102. The van der Waals surface area contributed by atoms with Gasteiger partial charge in [-0.3, -0.25) is 9.59 Å². The molecule has 0 radical (unpaired) electrons. The highest BCUT2D eigenvalue weighted by molar-refractivity contribution is 8.00. The number of fused-ring (bicyclic) bond motifs is 1. The number of thioether (sulfide) groups is 1. The number of hydrogen-bond acceptors (Lipinski definition) is 4. The first-order valence-electron chi connectivity index (χ1n) is 11.3. The first-order chi connectivity index (χ1) is 16.5. The number of anilines is 2. The number of amides is 2. The highest BCUT2D eigenvalue weighted by Gasteiger charge is 2.12. The molecule has 6 heteroatoms. The second kappa shape index (κ2) is 11.0. The molecule has 1 aromatic heterocycles.